The molecule has 0 atom stereocenters. The molecule has 9 heteroatoms. The number of rotatable bonds is 2. The van der Waals surface area contributed by atoms with E-state index in [1.807, 2.05) is 11.4 Å². The molecule has 1 aromatic heterocycles. The van der Waals surface area contributed by atoms with E-state index in [2.05, 4.69) is 0 Å². The van der Waals surface area contributed by atoms with Crippen LogP contribution < -0.4 is 5.48 Å². The number of amidine groups is 1. The highest BCUT2D eigenvalue weighted by molar-refractivity contribution is 7.12. The van der Waals surface area contributed by atoms with Gasteiger partial charge < -0.3 is 14.7 Å². The van der Waals surface area contributed by atoms with E-state index in [1.165, 1.54) is 25.4 Å². The Bertz CT molecular complexity index is 383. The maximum atomic E-state index is 9.19. The molecule has 1 aromatic rings. The fourth-order valence-electron chi connectivity index (χ4n) is 1.38. The summed E-state index contributed by atoms with van der Waals surface area (Å²) in [6, 6.07) is 1.86. The number of ether oxygens (including phenoxy) is 2. The normalized spacial score (nSPS) is 14.3. The smallest absolute Gasteiger partial charge is 0.185 e. The molecule has 1 aliphatic heterocycles. The standard InChI is InChI=1S/C9H12N2O3S.CH5NO.ClH/c1-11(12)8(10)7-6(2-5-15-7)9-13-3-4-14-9;1-2-3;/h2,5,9-10,12H,3-4H2,1H3;2-3H,1H3;1H. The molecule has 2 heterocycles. The van der Waals surface area contributed by atoms with Crippen LogP contribution in [0.1, 0.15) is 16.7 Å². The van der Waals surface area contributed by atoms with Gasteiger partial charge in [0.05, 0.1) is 18.1 Å². The molecule has 2 rings (SSSR count). The monoisotopic (exact) mass is 311 g/mol. The van der Waals surface area contributed by atoms with Crippen LogP contribution in [0.3, 0.4) is 0 Å². The van der Waals surface area contributed by atoms with Crippen LogP contribution in [0, 0.1) is 5.41 Å². The molecule has 19 heavy (non-hydrogen) atoms. The van der Waals surface area contributed by atoms with E-state index in [4.69, 9.17) is 20.1 Å². The SMILES string of the molecule is CN(O)C(=N)c1sccc1C1OCCO1.CNO.Cl. The van der Waals surface area contributed by atoms with Crippen LogP contribution in [0.25, 0.3) is 0 Å². The largest absolute Gasteiger partial charge is 0.346 e. The molecule has 1 aliphatic rings. The summed E-state index contributed by atoms with van der Waals surface area (Å²) in [5.74, 6) is 0.0547. The third-order valence-corrected chi connectivity index (χ3v) is 3.05. The minimum Gasteiger partial charge on any atom is -0.346 e. The van der Waals surface area contributed by atoms with E-state index < -0.39 is 6.29 Å². The fourth-order valence-corrected chi connectivity index (χ4v) is 2.28. The van der Waals surface area contributed by atoms with E-state index in [9.17, 15) is 5.21 Å². The van der Waals surface area contributed by atoms with Crippen LogP contribution in [-0.2, 0) is 9.47 Å². The summed E-state index contributed by atoms with van der Waals surface area (Å²) >= 11 is 1.39. The fraction of sp³-hybridized carbons (Fsp3) is 0.500. The van der Waals surface area contributed by atoms with Crippen LogP contribution in [0.2, 0.25) is 0 Å². The minimum absolute atomic E-state index is 0. The number of halogens is 1. The van der Waals surface area contributed by atoms with E-state index in [0.29, 0.717) is 18.1 Å². The maximum Gasteiger partial charge on any atom is 0.185 e. The van der Waals surface area contributed by atoms with Crippen molar-refractivity contribution >= 4 is 29.6 Å². The van der Waals surface area contributed by atoms with Crippen molar-refractivity contribution in [3.05, 3.63) is 21.9 Å². The second kappa shape index (κ2) is 9.21. The molecule has 110 valence electrons. The summed E-state index contributed by atoms with van der Waals surface area (Å²) in [5.41, 5.74) is 2.56. The van der Waals surface area contributed by atoms with Gasteiger partial charge in [0.15, 0.2) is 12.1 Å². The summed E-state index contributed by atoms with van der Waals surface area (Å²) in [6.45, 7) is 1.14. The second-order valence-electron chi connectivity index (χ2n) is 3.37. The molecule has 4 N–H and O–H groups in total. The summed E-state index contributed by atoms with van der Waals surface area (Å²) < 4.78 is 10.7. The lowest BCUT2D eigenvalue weighted by Gasteiger charge is -2.14. The third-order valence-electron chi connectivity index (χ3n) is 2.11. The van der Waals surface area contributed by atoms with Crippen molar-refractivity contribution in [3.8, 4) is 0 Å². The number of thiophene rings is 1. The third kappa shape index (κ3) is 5.03. The molecule has 0 radical (unpaired) electrons. The van der Waals surface area contributed by atoms with E-state index in [1.54, 1.807) is 5.48 Å². The van der Waals surface area contributed by atoms with Gasteiger partial charge >= 0.3 is 0 Å². The van der Waals surface area contributed by atoms with Crippen molar-refractivity contribution in [2.75, 3.05) is 27.3 Å². The summed E-state index contributed by atoms with van der Waals surface area (Å²) in [4.78, 5) is 0.673. The lowest BCUT2D eigenvalue weighted by atomic mass is 10.2. The zero-order valence-electron chi connectivity index (χ0n) is 10.6. The van der Waals surface area contributed by atoms with Gasteiger partial charge in [-0.1, -0.05) is 0 Å². The molecule has 1 fully saturated rings. The van der Waals surface area contributed by atoms with Gasteiger partial charge in [-0.15, -0.1) is 23.7 Å². The van der Waals surface area contributed by atoms with Crippen LogP contribution >= 0.6 is 23.7 Å². The Morgan fingerprint density at radius 3 is 2.53 bits per heavy atom. The van der Waals surface area contributed by atoms with Gasteiger partial charge in [-0.05, 0) is 11.4 Å². The molecule has 0 amide bonds. The highest BCUT2D eigenvalue weighted by Crippen LogP contribution is 2.30. The Hall–Kier alpha value is -0.740. The molecule has 0 bridgehead atoms. The number of nitrogens with one attached hydrogen (secondary N) is 2. The average Bonchev–Trinajstić information content (AvgIpc) is 2.99. The number of hydrogen-bond donors (Lipinski definition) is 4. The van der Waals surface area contributed by atoms with Gasteiger partial charge in [0, 0.05) is 19.7 Å². The van der Waals surface area contributed by atoms with Crippen molar-refractivity contribution in [3.63, 3.8) is 0 Å². The molecular weight excluding hydrogens is 294 g/mol. The van der Waals surface area contributed by atoms with Crippen molar-refractivity contribution in [2.45, 2.75) is 6.29 Å². The van der Waals surface area contributed by atoms with Gasteiger partial charge in [0.25, 0.3) is 0 Å². The quantitative estimate of drug-likeness (QED) is 0.375. The van der Waals surface area contributed by atoms with Gasteiger partial charge in [0.1, 0.15) is 0 Å². The predicted molar refractivity (Wildman–Crippen MR) is 73.4 cm³/mol. The second-order valence-corrected chi connectivity index (χ2v) is 4.29. The van der Waals surface area contributed by atoms with Crippen LogP contribution in [-0.4, -0.2) is 48.6 Å². The van der Waals surface area contributed by atoms with Crippen molar-refractivity contribution in [1.82, 2.24) is 10.5 Å². The maximum absolute atomic E-state index is 9.19. The molecule has 7 nitrogen and oxygen atoms in total. The predicted octanol–water partition coefficient (Wildman–Crippen LogP) is 1.46. The van der Waals surface area contributed by atoms with E-state index in [0.717, 1.165) is 10.6 Å². The highest BCUT2D eigenvalue weighted by Gasteiger charge is 2.24. The van der Waals surface area contributed by atoms with Crippen LogP contribution in [0.5, 0.6) is 0 Å². The Morgan fingerprint density at radius 1 is 1.53 bits per heavy atom. The lowest BCUT2D eigenvalue weighted by Crippen LogP contribution is -2.23. The van der Waals surface area contributed by atoms with Crippen molar-refractivity contribution in [2.24, 2.45) is 0 Å². The molecular formula is C10H18ClN3O4S. The van der Waals surface area contributed by atoms with Gasteiger partial charge in [-0.3, -0.25) is 10.6 Å². The number of nitrogens with zero attached hydrogens (tertiary/aromatic N) is 1. The Balaban J connectivity index is 0.000000742. The first kappa shape index (κ1) is 18.3. The summed E-state index contributed by atoms with van der Waals surface area (Å²) in [7, 11) is 2.85. The molecule has 0 aromatic carbocycles. The Kier molecular flexibility index (Phi) is 8.85. The van der Waals surface area contributed by atoms with Gasteiger partial charge in [0.2, 0.25) is 0 Å². The Labute approximate surface area is 121 Å². The lowest BCUT2D eigenvalue weighted by molar-refractivity contribution is -0.0443. The van der Waals surface area contributed by atoms with Crippen molar-refractivity contribution in [1.29, 1.82) is 5.41 Å². The van der Waals surface area contributed by atoms with E-state index >= 15 is 0 Å². The zero-order valence-corrected chi connectivity index (χ0v) is 12.3. The first-order chi connectivity index (χ1) is 8.61. The first-order valence-electron chi connectivity index (χ1n) is 5.24. The number of hydroxylamine groups is 3. The molecule has 0 spiro atoms. The van der Waals surface area contributed by atoms with Crippen LogP contribution in [0.4, 0.5) is 0 Å². The molecule has 0 saturated carbocycles. The summed E-state index contributed by atoms with van der Waals surface area (Å²) in [5, 5.41) is 26.8. The van der Waals surface area contributed by atoms with E-state index in [-0.39, 0.29) is 18.2 Å². The van der Waals surface area contributed by atoms with Gasteiger partial charge in [-0.2, -0.15) is 0 Å². The Morgan fingerprint density at radius 2 is 2.05 bits per heavy atom. The summed E-state index contributed by atoms with van der Waals surface area (Å²) in [6.07, 6.45) is -0.397. The minimum atomic E-state index is -0.397. The molecule has 0 unspecified atom stereocenters. The molecule has 0 aliphatic carbocycles. The van der Waals surface area contributed by atoms with Crippen molar-refractivity contribution < 1.29 is 19.9 Å². The average molecular weight is 312 g/mol. The highest BCUT2D eigenvalue weighted by atomic mass is 35.5. The van der Waals surface area contributed by atoms with Crippen LogP contribution in [0.15, 0.2) is 11.4 Å². The topological polar surface area (TPSA) is 98.0 Å². The number of hydrogen-bond acceptors (Lipinski definition) is 7. The van der Waals surface area contributed by atoms with Gasteiger partial charge in [-0.25, -0.2) is 10.5 Å². The zero-order chi connectivity index (χ0) is 13.5. The molecule has 1 saturated heterocycles. The first-order valence-corrected chi connectivity index (χ1v) is 6.12.